The van der Waals surface area contributed by atoms with Crippen LogP contribution in [0.2, 0.25) is 0 Å². The van der Waals surface area contributed by atoms with Gasteiger partial charge in [0.25, 0.3) is 0 Å². The van der Waals surface area contributed by atoms with E-state index in [1.165, 1.54) is 15.9 Å². The van der Waals surface area contributed by atoms with Crippen molar-refractivity contribution in [3.8, 4) is 11.4 Å². The summed E-state index contributed by atoms with van der Waals surface area (Å²) in [5.74, 6) is 0.509. The second-order valence-electron chi connectivity index (χ2n) is 5.96. The molecule has 0 saturated heterocycles. The Hall–Kier alpha value is -2.54. The van der Waals surface area contributed by atoms with E-state index in [9.17, 15) is 4.79 Å². The number of rotatable bonds is 3. The molecule has 0 N–H and O–H groups in total. The van der Waals surface area contributed by atoms with Crippen LogP contribution in [0.3, 0.4) is 0 Å². The molecule has 0 aliphatic carbocycles. The minimum Gasteiger partial charge on any atom is -0.336 e. The lowest BCUT2D eigenvalue weighted by Gasteiger charge is -2.28. The summed E-state index contributed by atoms with van der Waals surface area (Å²) in [5.41, 5.74) is 3.39. The Labute approximate surface area is 153 Å². The molecule has 1 aromatic heterocycles. The second kappa shape index (κ2) is 6.76. The number of amides is 1. The molecule has 1 aliphatic rings. The summed E-state index contributed by atoms with van der Waals surface area (Å²) in [6.45, 7) is 1.46. The van der Waals surface area contributed by atoms with Gasteiger partial charge in [0, 0.05) is 23.1 Å². The van der Waals surface area contributed by atoms with Crippen LogP contribution in [0.25, 0.3) is 11.4 Å². The number of tetrazole rings is 1. The first kappa shape index (κ1) is 16.0. The molecule has 0 fully saturated rings. The fourth-order valence-corrected chi connectivity index (χ4v) is 3.45. The molecular formula is C18H16BrN5O. The maximum atomic E-state index is 12.6. The highest BCUT2D eigenvalue weighted by molar-refractivity contribution is 9.10. The summed E-state index contributed by atoms with van der Waals surface area (Å²) in [4.78, 5) is 15.8. The van der Waals surface area contributed by atoms with E-state index in [0.717, 1.165) is 23.0 Å². The van der Waals surface area contributed by atoms with Crippen molar-refractivity contribution in [3.05, 3.63) is 64.1 Å². The van der Waals surface area contributed by atoms with Gasteiger partial charge in [-0.25, -0.2) is 0 Å². The van der Waals surface area contributed by atoms with Gasteiger partial charge >= 0.3 is 0 Å². The third-order valence-electron chi connectivity index (χ3n) is 4.33. The number of halogens is 1. The van der Waals surface area contributed by atoms with E-state index in [4.69, 9.17) is 0 Å². The molecule has 0 atom stereocenters. The molecule has 0 saturated carbocycles. The normalized spacial score (nSPS) is 13.6. The van der Waals surface area contributed by atoms with Crippen molar-refractivity contribution in [1.29, 1.82) is 0 Å². The van der Waals surface area contributed by atoms with Gasteiger partial charge in [-0.05, 0) is 34.9 Å². The topological polar surface area (TPSA) is 63.9 Å². The van der Waals surface area contributed by atoms with Gasteiger partial charge in [-0.1, -0.05) is 52.3 Å². The molecule has 0 radical (unpaired) electrons. The predicted octanol–water partition coefficient (Wildman–Crippen LogP) is 2.69. The monoisotopic (exact) mass is 397 g/mol. The molecule has 2 aromatic carbocycles. The highest BCUT2D eigenvalue weighted by Crippen LogP contribution is 2.24. The smallest absolute Gasteiger partial charge is 0.246 e. The molecule has 2 heterocycles. The average Bonchev–Trinajstić information content (AvgIpc) is 3.10. The zero-order chi connectivity index (χ0) is 17.2. The van der Waals surface area contributed by atoms with Gasteiger partial charge in [-0.15, -0.1) is 10.2 Å². The zero-order valence-electron chi connectivity index (χ0n) is 13.5. The first-order chi connectivity index (χ1) is 12.2. The number of hydrogen-bond acceptors (Lipinski definition) is 4. The molecule has 1 amide bonds. The molecule has 0 spiro atoms. The number of fused-ring (bicyclic) bond motifs is 1. The summed E-state index contributed by atoms with van der Waals surface area (Å²) < 4.78 is 0.897. The third kappa shape index (κ3) is 3.32. The molecule has 1 aliphatic heterocycles. The molecule has 4 rings (SSSR count). The maximum absolute atomic E-state index is 12.6. The molecule has 126 valence electrons. The van der Waals surface area contributed by atoms with Gasteiger partial charge in [0.2, 0.25) is 11.7 Å². The Morgan fingerprint density at radius 2 is 1.84 bits per heavy atom. The van der Waals surface area contributed by atoms with Crippen LogP contribution in [-0.4, -0.2) is 37.6 Å². The van der Waals surface area contributed by atoms with Crippen LogP contribution >= 0.6 is 15.9 Å². The highest BCUT2D eigenvalue weighted by atomic mass is 79.9. The molecule has 7 heteroatoms. The van der Waals surface area contributed by atoms with Gasteiger partial charge in [-0.2, -0.15) is 4.80 Å². The first-order valence-corrected chi connectivity index (χ1v) is 8.87. The Balaban J connectivity index is 1.47. The largest absolute Gasteiger partial charge is 0.336 e. The van der Waals surface area contributed by atoms with E-state index in [2.05, 4.69) is 43.5 Å². The minimum atomic E-state index is 0.00517. The lowest BCUT2D eigenvalue weighted by Crippen LogP contribution is -2.38. The Kier molecular flexibility index (Phi) is 4.31. The first-order valence-electron chi connectivity index (χ1n) is 8.08. The molecular weight excluding hydrogens is 382 g/mol. The van der Waals surface area contributed by atoms with Crippen molar-refractivity contribution in [3.63, 3.8) is 0 Å². The number of carbonyl (C=O) groups excluding carboxylic acids is 1. The van der Waals surface area contributed by atoms with Gasteiger partial charge in [-0.3, -0.25) is 4.79 Å². The maximum Gasteiger partial charge on any atom is 0.246 e. The van der Waals surface area contributed by atoms with Crippen LogP contribution in [0.1, 0.15) is 11.1 Å². The lowest BCUT2D eigenvalue weighted by molar-refractivity contribution is -0.133. The van der Waals surface area contributed by atoms with E-state index >= 15 is 0 Å². The van der Waals surface area contributed by atoms with Crippen LogP contribution in [0, 0.1) is 0 Å². The van der Waals surface area contributed by atoms with Crippen LogP contribution in [0.15, 0.2) is 53.0 Å². The predicted molar refractivity (Wildman–Crippen MR) is 96.5 cm³/mol. The second-order valence-corrected chi connectivity index (χ2v) is 6.81. The van der Waals surface area contributed by atoms with Gasteiger partial charge in [0.1, 0.15) is 6.54 Å². The lowest BCUT2D eigenvalue weighted by atomic mass is 10.00. The van der Waals surface area contributed by atoms with Crippen molar-refractivity contribution in [2.45, 2.75) is 19.5 Å². The van der Waals surface area contributed by atoms with Crippen molar-refractivity contribution in [2.75, 3.05) is 6.54 Å². The van der Waals surface area contributed by atoms with Crippen molar-refractivity contribution in [2.24, 2.45) is 0 Å². The van der Waals surface area contributed by atoms with Crippen molar-refractivity contribution >= 4 is 21.8 Å². The highest BCUT2D eigenvalue weighted by Gasteiger charge is 2.21. The molecule has 6 nitrogen and oxygen atoms in total. The number of hydrogen-bond donors (Lipinski definition) is 0. The van der Waals surface area contributed by atoms with Crippen LogP contribution in [-0.2, 0) is 24.3 Å². The van der Waals surface area contributed by atoms with E-state index in [1.54, 1.807) is 0 Å². The van der Waals surface area contributed by atoms with Gasteiger partial charge < -0.3 is 4.90 Å². The van der Waals surface area contributed by atoms with E-state index in [-0.39, 0.29) is 12.5 Å². The molecule has 25 heavy (non-hydrogen) atoms. The fourth-order valence-electron chi connectivity index (χ4n) is 2.99. The number of aromatic nitrogens is 4. The Morgan fingerprint density at radius 3 is 2.68 bits per heavy atom. The quantitative estimate of drug-likeness (QED) is 0.681. The molecule has 0 bridgehead atoms. The Bertz CT molecular complexity index is 923. The summed E-state index contributed by atoms with van der Waals surface area (Å²) in [6, 6.07) is 15.9. The Morgan fingerprint density at radius 1 is 1.08 bits per heavy atom. The van der Waals surface area contributed by atoms with Crippen LogP contribution in [0.4, 0.5) is 0 Å². The number of carbonyl (C=O) groups is 1. The summed E-state index contributed by atoms with van der Waals surface area (Å²) in [7, 11) is 0. The zero-order valence-corrected chi connectivity index (χ0v) is 15.1. The summed E-state index contributed by atoms with van der Waals surface area (Å²) >= 11 is 3.48. The summed E-state index contributed by atoms with van der Waals surface area (Å²) in [6.07, 6.45) is 0.884. The average molecular weight is 398 g/mol. The third-order valence-corrected chi connectivity index (χ3v) is 5.02. The van der Waals surface area contributed by atoms with Crippen molar-refractivity contribution in [1.82, 2.24) is 25.1 Å². The molecule has 3 aromatic rings. The van der Waals surface area contributed by atoms with Crippen LogP contribution in [0.5, 0.6) is 0 Å². The fraction of sp³-hybridized carbons (Fsp3) is 0.222. The van der Waals surface area contributed by atoms with Gasteiger partial charge in [0.15, 0.2) is 0 Å². The standard InChI is InChI=1S/C18H16BrN5O/c19-16-8-4-3-7-15(16)18-20-22-24(21-18)12-17(25)23-10-9-13-5-1-2-6-14(13)11-23/h1-8H,9-12H2. The van der Waals surface area contributed by atoms with Crippen LogP contribution < -0.4 is 0 Å². The van der Waals surface area contributed by atoms with Gasteiger partial charge in [0.05, 0.1) is 0 Å². The number of nitrogens with zero attached hydrogens (tertiary/aromatic N) is 5. The van der Waals surface area contributed by atoms with Crippen molar-refractivity contribution < 1.29 is 4.79 Å². The number of benzene rings is 2. The minimum absolute atomic E-state index is 0.00517. The molecule has 0 unspecified atom stereocenters. The van der Waals surface area contributed by atoms with E-state index in [0.29, 0.717) is 12.4 Å². The van der Waals surface area contributed by atoms with E-state index < -0.39 is 0 Å². The van der Waals surface area contributed by atoms with E-state index in [1.807, 2.05) is 41.3 Å². The summed E-state index contributed by atoms with van der Waals surface area (Å²) in [5, 5.41) is 12.4. The SMILES string of the molecule is O=C(Cn1nnc(-c2ccccc2Br)n1)N1CCc2ccccc2C1.